The minimum Gasteiger partial charge on any atom is -0.325 e. The lowest BCUT2D eigenvalue weighted by atomic mass is 10.0. The molecule has 1 N–H and O–H groups in total. The molecule has 0 aliphatic heterocycles. The minimum absolute atomic E-state index is 0.0330. The summed E-state index contributed by atoms with van der Waals surface area (Å²) < 4.78 is 0. The number of carbonyl (C=O) groups is 1. The molecular formula is C18H21NO. The van der Waals surface area contributed by atoms with Gasteiger partial charge in [-0.1, -0.05) is 47.5 Å². The highest BCUT2D eigenvalue weighted by atomic mass is 16.1. The number of benzene rings is 2. The monoisotopic (exact) mass is 267 g/mol. The summed E-state index contributed by atoms with van der Waals surface area (Å²) in [5, 5.41) is 3.03. The molecule has 0 atom stereocenters. The zero-order valence-electron chi connectivity index (χ0n) is 12.6. The van der Waals surface area contributed by atoms with Crippen LogP contribution in [0.1, 0.15) is 27.8 Å². The van der Waals surface area contributed by atoms with Crippen LogP contribution in [-0.2, 0) is 11.2 Å². The van der Waals surface area contributed by atoms with Gasteiger partial charge in [0.15, 0.2) is 0 Å². The van der Waals surface area contributed by atoms with Gasteiger partial charge in [-0.15, -0.1) is 0 Å². The fraction of sp³-hybridized carbons (Fsp3) is 0.278. The van der Waals surface area contributed by atoms with Gasteiger partial charge in [-0.3, -0.25) is 4.79 Å². The molecule has 0 saturated heterocycles. The van der Waals surface area contributed by atoms with Crippen LogP contribution in [0.5, 0.6) is 0 Å². The largest absolute Gasteiger partial charge is 0.325 e. The van der Waals surface area contributed by atoms with E-state index >= 15 is 0 Å². The smallest absolute Gasteiger partial charge is 0.228 e. The maximum absolute atomic E-state index is 12.2. The SMILES string of the molecule is Cc1cccc(CC(=O)Nc2c(C)cc(C)cc2C)c1. The van der Waals surface area contributed by atoms with Crippen molar-refractivity contribution >= 4 is 11.6 Å². The third kappa shape index (κ3) is 3.47. The zero-order valence-corrected chi connectivity index (χ0v) is 12.6. The zero-order chi connectivity index (χ0) is 14.7. The van der Waals surface area contributed by atoms with Gasteiger partial charge in [-0.2, -0.15) is 0 Å². The molecule has 2 aromatic rings. The molecule has 0 fully saturated rings. The summed E-state index contributed by atoms with van der Waals surface area (Å²) in [5.74, 6) is 0.0330. The molecule has 0 aromatic heterocycles. The van der Waals surface area contributed by atoms with Crippen molar-refractivity contribution in [2.24, 2.45) is 0 Å². The van der Waals surface area contributed by atoms with Gasteiger partial charge < -0.3 is 5.32 Å². The van der Waals surface area contributed by atoms with E-state index in [1.807, 2.05) is 39.0 Å². The fourth-order valence-corrected chi connectivity index (χ4v) is 2.57. The standard InChI is InChI=1S/C18H21NO/c1-12-6-5-7-16(10-12)11-17(20)19-18-14(3)8-13(2)9-15(18)4/h5-10H,11H2,1-4H3,(H,19,20). The van der Waals surface area contributed by atoms with Gasteiger partial charge in [0.25, 0.3) is 0 Å². The van der Waals surface area contributed by atoms with E-state index in [1.54, 1.807) is 0 Å². The van der Waals surface area contributed by atoms with Gasteiger partial charge in [0, 0.05) is 5.69 Å². The average molecular weight is 267 g/mol. The summed E-state index contributed by atoms with van der Waals surface area (Å²) in [5.41, 5.74) is 6.60. The number of hydrogen-bond donors (Lipinski definition) is 1. The summed E-state index contributed by atoms with van der Waals surface area (Å²) in [6, 6.07) is 12.2. The Balaban J connectivity index is 2.13. The van der Waals surface area contributed by atoms with Gasteiger partial charge >= 0.3 is 0 Å². The summed E-state index contributed by atoms with van der Waals surface area (Å²) >= 11 is 0. The van der Waals surface area contributed by atoms with Crippen LogP contribution < -0.4 is 5.32 Å². The summed E-state index contributed by atoms with van der Waals surface area (Å²) in [6.07, 6.45) is 0.411. The highest BCUT2D eigenvalue weighted by Crippen LogP contribution is 2.22. The van der Waals surface area contributed by atoms with E-state index in [9.17, 15) is 4.79 Å². The topological polar surface area (TPSA) is 29.1 Å². The van der Waals surface area contributed by atoms with Crippen LogP contribution in [0.25, 0.3) is 0 Å². The van der Waals surface area contributed by atoms with Gasteiger partial charge in [-0.05, 0) is 44.4 Å². The van der Waals surface area contributed by atoms with Crippen molar-refractivity contribution in [1.82, 2.24) is 0 Å². The molecule has 2 rings (SSSR count). The van der Waals surface area contributed by atoms with Gasteiger partial charge in [-0.25, -0.2) is 0 Å². The third-order valence-corrected chi connectivity index (χ3v) is 3.39. The first-order valence-electron chi connectivity index (χ1n) is 6.89. The molecule has 0 saturated carbocycles. The number of rotatable bonds is 3. The quantitative estimate of drug-likeness (QED) is 0.891. The van der Waals surface area contributed by atoms with E-state index in [0.717, 1.165) is 22.4 Å². The van der Waals surface area contributed by atoms with Gasteiger partial charge in [0.1, 0.15) is 0 Å². The van der Waals surface area contributed by atoms with E-state index in [2.05, 4.69) is 30.4 Å². The first kappa shape index (κ1) is 14.3. The van der Waals surface area contributed by atoms with Crippen molar-refractivity contribution in [3.63, 3.8) is 0 Å². The summed E-state index contributed by atoms with van der Waals surface area (Å²) in [7, 11) is 0. The van der Waals surface area contributed by atoms with Crippen LogP contribution in [0.15, 0.2) is 36.4 Å². The molecule has 0 aliphatic rings. The molecule has 2 aromatic carbocycles. The van der Waals surface area contributed by atoms with Crippen molar-refractivity contribution in [2.45, 2.75) is 34.1 Å². The normalized spacial score (nSPS) is 10.4. The molecule has 0 spiro atoms. The Hall–Kier alpha value is -2.09. The number of amides is 1. The maximum atomic E-state index is 12.2. The number of hydrogen-bond acceptors (Lipinski definition) is 1. The molecular weight excluding hydrogens is 246 g/mol. The van der Waals surface area contributed by atoms with E-state index in [0.29, 0.717) is 6.42 Å². The van der Waals surface area contributed by atoms with Crippen molar-refractivity contribution in [1.29, 1.82) is 0 Å². The Labute approximate surface area is 120 Å². The Morgan fingerprint density at radius 1 is 0.950 bits per heavy atom. The predicted octanol–water partition coefficient (Wildman–Crippen LogP) is 4.10. The second-order valence-electron chi connectivity index (χ2n) is 5.49. The van der Waals surface area contributed by atoms with E-state index in [-0.39, 0.29) is 5.91 Å². The van der Waals surface area contributed by atoms with Crippen molar-refractivity contribution in [3.8, 4) is 0 Å². The Kier molecular flexibility index (Phi) is 4.23. The molecule has 2 nitrogen and oxygen atoms in total. The second-order valence-corrected chi connectivity index (χ2v) is 5.49. The predicted molar refractivity (Wildman–Crippen MR) is 84.2 cm³/mol. The van der Waals surface area contributed by atoms with Gasteiger partial charge in [0.05, 0.1) is 6.42 Å². The minimum atomic E-state index is 0.0330. The van der Waals surface area contributed by atoms with E-state index in [1.165, 1.54) is 11.1 Å². The molecule has 0 unspecified atom stereocenters. The lowest BCUT2D eigenvalue weighted by Crippen LogP contribution is -2.16. The van der Waals surface area contributed by atoms with Crippen molar-refractivity contribution < 1.29 is 4.79 Å². The molecule has 20 heavy (non-hydrogen) atoms. The highest BCUT2D eigenvalue weighted by molar-refractivity contribution is 5.93. The lowest BCUT2D eigenvalue weighted by molar-refractivity contribution is -0.115. The molecule has 1 amide bonds. The molecule has 0 bridgehead atoms. The van der Waals surface area contributed by atoms with Crippen LogP contribution in [0.2, 0.25) is 0 Å². The van der Waals surface area contributed by atoms with E-state index in [4.69, 9.17) is 0 Å². The van der Waals surface area contributed by atoms with Crippen LogP contribution in [0, 0.1) is 27.7 Å². The van der Waals surface area contributed by atoms with Crippen LogP contribution >= 0.6 is 0 Å². The second kappa shape index (κ2) is 5.91. The van der Waals surface area contributed by atoms with Crippen LogP contribution in [-0.4, -0.2) is 5.91 Å². The first-order chi connectivity index (χ1) is 9.45. The lowest BCUT2D eigenvalue weighted by Gasteiger charge is -2.13. The Morgan fingerprint density at radius 2 is 1.60 bits per heavy atom. The van der Waals surface area contributed by atoms with E-state index < -0.39 is 0 Å². The molecule has 0 aliphatic carbocycles. The van der Waals surface area contributed by atoms with Crippen molar-refractivity contribution in [2.75, 3.05) is 5.32 Å². The summed E-state index contributed by atoms with van der Waals surface area (Å²) in [6.45, 7) is 8.17. The fourth-order valence-electron chi connectivity index (χ4n) is 2.57. The number of anilines is 1. The number of aryl methyl sites for hydroxylation is 4. The molecule has 2 heteroatoms. The Bertz CT molecular complexity index is 621. The maximum Gasteiger partial charge on any atom is 0.228 e. The molecule has 0 radical (unpaired) electrons. The summed E-state index contributed by atoms with van der Waals surface area (Å²) in [4.78, 5) is 12.2. The average Bonchev–Trinajstić information content (AvgIpc) is 2.33. The number of carbonyl (C=O) groups excluding carboxylic acids is 1. The van der Waals surface area contributed by atoms with Crippen molar-refractivity contribution in [3.05, 3.63) is 64.2 Å². The molecule has 104 valence electrons. The number of nitrogens with one attached hydrogen (secondary N) is 1. The first-order valence-corrected chi connectivity index (χ1v) is 6.89. The van der Waals surface area contributed by atoms with Gasteiger partial charge in [0.2, 0.25) is 5.91 Å². The molecule has 0 heterocycles. The van der Waals surface area contributed by atoms with Crippen LogP contribution in [0.3, 0.4) is 0 Å². The highest BCUT2D eigenvalue weighted by Gasteiger charge is 2.09. The van der Waals surface area contributed by atoms with Crippen LogP contribution in [0.4, 0.5) is 5.69 Å². The Morgan fingerprint density at radius 3 is 2.20 bits per heavy atom. The third-order valence-electron chi connectivity index (χ3n) is 3.39.